The van der Waals surface area contributed by atoms with Crippen molar-refractivity contribution in [3.63, 3.8) is 0 Å². The van der Waals surface area contributed by atoms with Crippen LogP contribution in [0, 0.1) is 0 Å². The van der Waals surface area contributed by atoms with Crippen LogP contribution in [0.25, 0.3) is 0 Å². The van der Waals surface area contributed by atoms with Gasteiger partial charge in [0.25, 0.3) is 5.91 Å². The lowest BCUT2D eigenvalue weighted by molar-refractivity contribution is -0.135. The first-order valence-corrected chi connectivity index (χ1v) is 12.3. The Labute approximate surface area is 215 Å². The molecule has 0 radical (unpaired) electrons. The number of aryl methyl sites for hydroxylation is 1. The summed E-state index contributed by atoms with van der Waals surface area (Å²) in [6.45, 7) is 0.279. The molecule has 5 rings (SSSR count). The maximum absolute atomic E-state index is 13.4. The van der Waals surface area contributed by atoms with Crippen LogP contribution in [0.1, 0.15) is 35.1 Å². The number of methoxy groups -OCH3 is 1. The zero-order valence-corrected chi connectivity index (χ0v) is 20.7. The topological polar surface area (TPSA) is 97.0 Å². The highest BCUT2D eigenvalue weighted by molar-refractivity contribution is 6.09. The van der Waals surface area contributed by atoms with Crippen LogP contribution in [0.2, 0.25) is 0 Å². The molecule has 2 N–H and O–H groups in total. The van der Waals surface area contributed by atoms with Gasteiger partial charge in [0.15, 0.2) is 11.5 Å². The molecule has 190 valence electrons. The molecule has 8 nitrogen and oxygen atoms in total. The number of hydrogen-bond acceptors (Lipinski definition) is 5. The van der Waals surface area contributed by atoms with Crippen molar-refractivity contribution in [2.75, 3.05) is 13.7 Å². The van der Waals surface area contributed by atoms with Gasteiger partial charge >= 0.3 is 6.03 Å². The van der Waals surface area contributed by atoms with E-state index in [1.54, 1.807) is 19.2 Å². The zero-order valence-electron chi connectivity index (χ0n) is 20.7. The molecule has 0 bridgehead atoms. The van der Waals surface area contributed by atoms with Crippen molar-refractivity contribution in [2.24, 2.45) is 0 Å². The van der Waals surface area contributed by atoms with Gasteiger partial charge in [0, 0.05) is 6.54 Å². The second-order valence-electron chi connectivity index (χ2n) is 9.27. The Bertz CT molecular complexity index is 1330. The fourth-order valence-corrected chi connectivity index (χ4v) is 5.03. The van der Waals surface area contributed by atoms with E-state index in [0.717, 1.165) is 40.0 Å². The van der Waals surface area contributed by atoms with Crippen molar-refractivity contribution >= 4 is 17.8 Å². The van der Waals surface area contributed by atoms with Gasteiger partial charge in [-0.1, -0.05) is 60.7 Å². The fraction of sp³-hybridized carbons (Fsp3) is 0.276. The van der Waals surface area contributed by atoms with Crippen LogP contribution in [0.5, 0.6) is 11.5 Å². The average molecular weight is 500 g/mol. The third-order valence-corrected chi connectivity index (χ3v) is 6.91. The number of ether oxygens (including phenoxy) is 2. The fourth-order valence-electron chi connectivity index (χ4n) is 5.03. The van der Waals surface area contributed by atoms with Gasteiger partial charge in [0.2, 0.25) is 5.91 Å². The maximum atomic E-state index is 13.4. The summed E-state index contributed by atoms with van der Waals surface area (Å²) in [5.41, 5.74) is 2.63. The molecule has 1 aliphatic carbocycles. The summed E-state index contributed by atoms with van der Waals surface area (Å²) in [5, 5.41) is 5.67. The molecular weight excluding hydrogens is 470 g/mol. The number of fused-ring (bicyclic) bond motifs is 2. The SMILES string of the molecule is COc1cc(CNC(=O)CN2C(=O)NC3(CCCc4ccccc43)C2=O)ccc1OCc1ccccc1. The number of benzene rings is 3. The summed E-state index contributed by atoms with van der Waals surface area (Å²) in [4.78, 5) is 39.9. The molecule has 1 atom stereocenters. The number of nitrogens with zero attached hydrogens (tertiary/aromatic N) is 1. The van der Waals surface area contributed by atoms with Gasteiger partial charge in [-0.2, -0.15) is 0 Å². The average Bonchev–Trinajstić information content (AvgIpc) is 3.16. The lowest BCUT2D eigenvalue weighted by Crippen LogP contribution is -2.47. The molecular formula is C29H29N3O5. The van der Waals surface area contributed by atoms with E-state index in [2.05, 4.69) is 10.6 Å². The van der Waals surface area contributed by atoms with Gasteiger partial charge in [0.1, 0.15) is 18.7 Å². The first-order valence-electron chi connectivity index (χ1n) is 12.3. The lowest BCUT2D eigenvalue weighted by Gasteiger charge is -2.33. The van der Waals surface area contributed by atoms with Crippen LogP contribution in [0.15, 0.2) is 72.8 Å². The number of carbonyl (C=O) groups is 3. The molecule has 1 saturated heterocycles. The van der Waals surface area contributed by atoms with Crippen LogP contribution in [0.4, 0.5) is 4.79 Å². The summed E-state index contributed by atoms with van der Waals surface area (Å²) >= 11 is 0. The first-order chi connectivity index (χ1) is 18.0. The van der Waals surface area contributed by atoms with E-state index in [0.29, 0.717) is 24.5 Å². The molecule has 1 spiro atoms. The number of hydrogen-bond donors (Lipinski definition) is 2. The summed E-state index contributed by atoms with van der Waals surface area (Å²) in [6, 6.07) is 22.4. The smallest absolute Gasteiger partial charge is 0.325 e. The van der Waals surface area contributed by atoms with Gasteiger partial charge in [-0.15, -0.1) is 0 Å². The third-order valence-electron chi connectivity index (χ3n) is 6.91. The van der Waals surface area contributed by atoms with Crippen LogP contribution < -0.4 is 20.1 Å². The van der Waals surface area contributed by atoms with Crippen LogP contribution >= 0.6 is 0 Å². The van der Waals surface area contributed by atoms with Crippen LogP contribution in [-0.4, -0.2) is 36.4 Å². The molecule has 4 amide bonds. The predicted octanol–water partition coefficient (Wildman–Crippen LogP) is 3.67. The largest absolute Gasteiger partial charge is 0.493 e. The van der Waals surface area contributed by atoms with Crippen molar-refractivity contribution < 1.29 is 23.9 Å². The van der Waals surface area contributed by atoms with E-state index in [4.69, 9.17) is 9.47 Å². The molecule has 1 aliphatic heterocycles. The number of nitrogens with one attached hydrogen (secondary N) is 2. The van der Waals surface area contributed by atoms with Crippen molar-refractivity contribution in [3.8, 4) is 11.5 Å². The molecule has 1 unspecified atom stereocenters. The highest BCUT2D eigenvalue weighted by atomic mass is 16.5. The minimum absolute atomic E-state index is 0.214. The molecule has 2 aliphatic rings. The number of imide groups is 1. The molecule has 37 heavy (non-hydrogen) atoms. The maximum Gasteiger partial charge on any atom is 0.325 e. The summed E-state index contributed by atoms with van der Waals surface area (Å²) in [5.74, 6) is 0.350. The van der Waals surface area contributed by atoms with Gasteiger partial charge in [0.05, 0.1) is 7.11 Å². The van der Waals surface area contributed by atoms with E-state index < -0.39 is 17.5 Å². The zero-order chi connectivity index (χ0) is 25.8. The summed E-state index contributed by atoms with van der Waals surface area (Å²) in [6.07, 6.45) is 2.17. The molecule has 0 aromatic heterocycles. The van der Waals surface area contributed by atoms with Crippen molar-refractivity contribution in [1.82, 2.24) is 15.5 Å². The van der Waals surface area contributed by atoms with Crippen molar-refractivity contribution in [2.45, 2.75) is 38.0 Å². The Balaban J connectivity index is 1.20. The Morgan fingerprint density at radius 1 is 1.00 bits per heavy atom. The predicted molar refractivity (Wildman–Crippen MR) is 137 cm³/mol. The Hall–Kier alpha value is -4.33. The highest BCUT2D eigenvalue weighted by Gasteiger charge is 2.54. The Morgan fingerprint density at radius 2 is 1.78 bits per heavy atom. The van der Waals surface area contributed by atoms with E-state index in [-0.39, 0.29) is 19.0 Å². The quantitative estimate of drug-likeness (QED) is 0.461. The molecule has 3 aromatic rings. The number of rotatable bonds is 8. The van der Waals surface area contributed by atoms with Gasteiger partial charge in [-0.05, 0) is 53.6 Å². The van der Waals surface area contributed by atoms with E-state index >= 15 is 0 Å². The van der Waals surface area contributed by atoms with Gasteiger partial charge < -0.3 is 20.1 Å². The molecule has 0 saturated carbocycles. The minimum Gasteiger partial charge on any atom is -0.493 e. The van der Waals surface area contributed by atoms with Crippen molar-refractivity contribution in [1.29, 1.82) is 0 Å². The van der Waals surface area contributed by atoms with Gasteiger partial charge in [-0.25, -0.2) is 4.79 Å². The molecule has 3 aromatic carbocycles. The number of carbonyl (C=O) groups excluding carboxylic acids is 3. The monoisotopic (exact) mass is 499 g/mol. The molecule has 1 heterocycles. The van der Waals surface area contributed by atoms with E-state index in [9.17, 15) is 14.4 Å². The normalized spacial score (nSPS) is 18.4. The third kappa shape index (κ3) is 4.87. The summed E-state index contributed by atoms with van der Waals surface area (Å²) in [7, 11) is 1.56. The number of amides is 4. The Morgan fingerprint density at radius 3 is 2.59 bits per heavy atom. The van der Waals surface area contributed by atoms with Crippen LogP contribution in [0.3, 0.4) is 0 Å². The van der Waals surface area contributed by atoms with Crippen molar-refractivity contribution in [3.05, 3.63) is 95.1 Å². The summed E-state index contributed by atoms with van der Waals surface area (Å²) < 4.78 is 11.4. The second kappa shape index (κ2) is 10.3. The Kier molecular flexibility index (Phi) is 6.81. The minimum atomic E-state index is -1.09. The molecule has 1 fully saturated rings. The first kappa shape index (κ1) is 24.4. The van der Waals surface area contributed by atoms with Gasteiger partial charge in [-0.3, -0.25) is 14.5 Å². The molecule has 8 heteroatoms. The number of urea groups is 1. The van der Waals surface area contributed by atoms with E-state index in [1.807, 2.05) is 60.7 Å². The van der Waals surface area contributed by atoms with E-state index in [1.165, 1.54) is 0 Å². The van der Waals surface area contributed by atoms with Crippen LogP contribution in [-0.2, 0) is 34.7 Å². The lowest BCUT2D eigenvalue weighted by atomic mass is 9.76. The highest BCUT2D eigenvalue weighted by Crippen LogP contribution is 2.39. The second-order valence-corrected chi connectivity index (χ2v) is 9.27. The standard InChI is InChI=1S/C29H29N3O5/c1-36-25-16-21(13-14-24(25)37-19-20-8-3-2-4-9-20)17-30-26(33)18-32-27(34)29(31-28(32)35)15-7-11-22-10-5-6-12-23(22)29/h2-6,8-10,12-14,16H,7,11,15,17-19H2,1H3,(H,30,33)(H,31,35).